The summed E-state index contributed by atoms with van der Waals surface area (Å²) in [5.74, 6) is 0.562. The molecule has 0 aromatic rings. The lowest BCUT2D eigenvalue weighted by molar-refractivity contribution is -0.128. The minimum Gasteiger partial charge on any atom is -0.409 e. The number of hydrogen-bond acceptors (Lipinski definition) is 4. The van der Waals surface area contributed by atoms with E-state index in [4.69, 9.17) is 15.7 Å². The highest BCUT2D eigenvalue weighted by atomic mass is 16.5. The maximum Gasteiger partial charge on any atom is 0.234 e. The lowest BCUT2D eigenvalue weighted by Gasteiger charge is -2.29. The van der Waals surface area contributed by atoms with Crippen LogP contribution in [0.5, 0.6) is 0 Å². The Morgan fingerprint density at radius 2 is 2.00 bits per heavy atom. The fourth-order valence-electron chi connectivity index (χ4n) is 3.64. The first-order valence-electron chi connectivity index (χ1n) is 7.58. The molecular formula is C14H23N3O3. The van der Waals surface area contributed by atoms with Crippen molar-refractivity contribution in [2.24, 2.45) is 22.2 Å². The van der Waals surface area contributed by atoms with Crippen LogP contribution in [-0.2, 0) is 9.53 Å². The Morgan fingerprint density at radius 3 is 2.60 bits per heavy atom. The van der Waals surface area contributed by atoms with Crippen molar-refractivity contribution in [3.8, 4) is 0 Å². The van der Waals surface area contributed by atoms with Crippen LogP contribution in [0.2, 0.25) is 0 Å². The summed E-state index contributed by atoms with van der Waals surface area (Å²) in [4.78, 5) is 12.7. The first-order chi connectivity index (χ1) is 9.67. The van der Waals surface area contributed by atoms with Crippen molar-refractivity contribution >= 4 is 11.7 Å². The average molecular weight is 281 g/mol. The van der Waals surface area contributed by atoms with Gasteiger partial charge in [0.05, 0.1) is 12.1 Å². The van der Waals surface area contributed by atoms with E-state index in [0.29, 0.717) is 25.4 Å². The summed E-state index contributed by atoms with van der Waals surface area (Å²) in [5, 5.41) is 15.2. The van der Waals surface area contributed by atoms with Crippen LogP contribution in [0, 0.1) is 11.3 Å². The number of carbonyl (C=O) groups excluding carboxylic acids is 1. The second kappa shape index (κ2) is 5.24. The van der Waals surface area contributed by atoms with Gasteiger partial charge in [-0.15, -0.1) is 0 Å². The van der Waals surface area contributed by atoms with Crippen molar-refractivity contribution in [1.82, 2.24) is 5.32 Å². The highest BCUT2D eigenvalue weighted by Crippen LogP contribution is 2.41. The van der Waals surface area contributed by atoms with E-state index in [0.717, 1.165) is 19.3 Å². The molecular weight excluding hydrogens is 258 g/mol. The smallest absolute Gasteiger partial charge is 0.234 e. The molecule has 2 atom stereocenters. The second-order valence-corrected chi connectivity index (χ2v) is 6.32. The fourth-order valence-corrected chi connectivity index (χ4v) is 3.64. The Morgan fingerprint density at radius 1 is 1.30 bits per heavy atom. The van der Waals surface area contributed by atoms with E-state index in [1.165, 1.54) is 12.8 Å². The third kappa shape index (κ3) is 2.26. The van der Waals surface area contributed by atoms with Crippen molar-refractivity contribution in [3.05, 3.63) is 0 Å². The summed E-state index contributed by atoms with van der Waals surface area (Å²) >= 11 is 0. The summed E-state index contributed by atoms with van der Waals surface area (Å²) in [6, 6.07) is 0.0824. The second-order valence-electron chi connectivity index (χ2n) is 6.32. The van der Waals surface area contributed by atoms with Crippen LogP contribution < -0.4 is 11.1 Å². The molecule has 0 aromatic heterocycles. The number of rotatable bonds is 4. The molecule has 0 radical (unpaired) electrons. The van der Waals surface area contributed by atoms with E-state index in [1.54, 1.807) is 0 Å². The van der Waals surface area contributed by atoms with Crippen molar-refractivity contribution in [2.45, 2.75) is 57.1 Å². The predicted molar refractivity (Wildman–Crippen MR) is 73.3 cm³/mol. The summed E-state index contributed by atoms with van der Waals surface area (Å²) in [6.07, 6.45) is 6.62. The molecule has 6 heteroatoms. The number of nitrogens with two attached hydrogens (primary N) is 1. The summed E-state index contributed by atoms with van der Waals surface area (Å²) in [5.41, 5.74) is 4.99. The van der Waals surface area contributed by atoms with Crippen LogP contribution in [-0.4, -0.2) is 35.7 Å². The van der Waals surface area contributed by atoms with Crippen LogP contribution in [0.4, 0.5) is 0 Å². The molecule has 0 aromatic carbocycles. The highest BCUT2D eigenvalue weighted by molar-refractivity contribution is 6.07. The van der Waals surface area contributed by atoms with E-state index in [-0.39, 0.29) is 23.9 Å². The van der Waals surface area contributed by atoms with Gasteiger partial charge in [-0.25, -0.2) is 0 Å². The lowest BCUT2D eigenvalue weighted by atomic mass is 9.83. The zero-order chi connectivity index (χ0) is 14.2. The van der Waals surface area contributed by atoms with Crippen LogP contribution in [0.15, 0.2) is 5.16 Å². The minimum atomic E-state index is -0.814. The molecule has 2 aliphatic carbocycles. The quantitative estimate of drug-likeness (QED) is 0.310. The normalized spacial score (nSPS) is 33.3. The van der Waals surface area contributed by atoms with E-state index in [2.05, 4.69) is 10.5 Å². The number of carbonyl (C=O) groups is 1. The number of amidine groups is 1. The molecule has 6 nitrogen and oxygen atoms in total. The molecule has 1 aliphatic heterocycles. The Hall–Kier alpha value is -1.30. The molecule has 2 unspecified atom stereocenters. The molecule has 3 rings (SSSR count). The fraction of sp³-hybridized carbons (Fsp3) is 0.857. The lowest BCUT2D eigenvalue weighted by Crippen LogP contribution is -2.53. The topological polar surface area (TPSA) is 96.9 Å². The third-order valence-electron chi connectivity index (χ3n) is 5.03. The molecule has 4 N–H and O–H groups in total. The first kappa shape index (κ1) is 13.7. The summed E-state index contributed by atoms with van der Waals surface area (Å²) in [6.45, 7) is 0.711. The van der Waals surface area contributed by atoms with E-state index in [9.17, 15) is 4.79 Å². The molecule has 3 aliphatic rings. The highest BCUT2D eigenvalue weighted by Gasteiger charge is 2.48. The number of oxime groups is 1. The number of nitrogens with one attached hydrogen (secondary N) is 1. The van der Waals surface area contributed by atoms with Crippen molar-refractivity contribution in [3.63, 3.8) is 0 Å². The standard InChI is InChI=1S/C14H23N3O3/c15-12(17-19)14(6-1-2-7-14)13(18)16-10-5-8-20-11(10)9-3-4-9/h9-11,19H,1-8H2,(H2,15,17)(H,16,18). The van der Waals surface area contributed by atoms with Gasteiger partial charge in [0, 0.05) is 6.61 Å². The SMILES string of the molecule is NC(=NO)C1(C(=O)NC2CCOC2C2CC2)CCCC1. The minimum absolute atomic E-state index is 0.0504. The van der Waals surface area contributed by atoms with E-state index >= 15 is 0 Å². The predicted octanol–water partition coefficient (Wildman–Crippen LogP) is 0.977. The molecule has 112 valence electrons. The number of ether oxygens (including phenoxy) is 1. The maximum absolute atomic E-state index is 12.7. The molecule has 1 saturated heterocycles. The molecule has 1 amide bonds. The van der Waals surface area contributed by atoms with Gasteiger partial charge in [-0.3, -0.25) is 4.79 Å². The summed E-state index contributed by atoms with van der Waals surface area (Å²) in [7, 11) is 0. The molecule has 20 heavy (non-hydrogen) atoms. The largest absolute Gasteiger partial charge is 0.409 e. The van der Waals surface area contributed by atoms with Crippen molar-refractivity contribution in [1.29, 1.82) is 0 Å². The van der Waals surface area contributed by atoms with Crippen LogP contribution in [0.25, 0.3) is 0 Å². The van der Waals surface area contributed by atoms with Gasteiger partial charge in [0.25, 0.3) is 0 Å². The van der Waals surface area contributed by atoms with Gasteiger partial charge in [0.2, 0.25) is 5.91 Å². The van der Waals surface area contributed by atoms with Crippen molar-refractivity contribution in [2.75, 3.05) is 6.61 Å². The van der Waals surface area contributed by atoms with Crippen molar-refractivity contribution < 1.29 is 14.7 Å². The Labute approximate surface area is 118 Å². The Kier molecular flexibility index (Phi) is 3.58. The molecule has 2 saturated carbocycles. The Balaban J connectivity index is 1.70. The molecule has 0 spiro atoms. The average Bonchev–Trinajstić information content (AvgIpc) is 3.00. The van der Waals surface area contributed by atoms with Gasteiger partial charge in [-0.05, 0) is 38.0 Å². The third-order valence-corrected chi connectivity index (χ3v) is 5.03. The van der Waals surface area contributed by atoms with E-state index in [1.807, 2.05) is 0 Å². The van der Waals surface area contributed by atoms with E-state index < -0.39 is 5.41 Å². The number of hydrogen-bond donors (Lipinski definition) is 3. The monoisotopic (exact) mass is 281 g/mol. The number of amides is 1. The van der Waals surface area contributed by atoms with Gasteiger partial charge in [0.1, 0.15) is 5.41 Å². The number of nitrogens with zero attached hydrogens (tertiary/aromatic N) is 1. The Bertz CT molecular complexity index is 414. The maximum atomic E-state index is 12.7. The molecule has 0 bridgehead atoms. The summed E-state index contributed by atoms with van der Waals surface area (Å²) < 4.78 is 5.75. The first-order valence-corrected chi connectivity index (χ1v) is 7.58. The van der Waals surface area contributed by atoms with Gasteiger partial charge in [-0.2, -0.15) is 0 Å². The van der Waals surface area contributed by atoms with Gasteiger partial charge in [0.15, 0.2) is 5.84 Å². The van der Waals surface area contributed by atoms with Crippen LogP contribution in [0.1, 0.15) is 44.9 Å². The van der Waals surface area contributed by atoms with Gasteiger partial charge in [-0.1, -0.05) is 18.0 Å². The zero-order valence-electron chi connectivity index (χ0n) is 11.7. The molecule has 1 heterocycles. The van der Waals surface area contributed by atoms with Gasteiger partial charge < -0.3 is 21.0 Å². The van der Waals surface area contributed by atoms with Crippen LogP contribution in [0.3, 0.4) is 0 Å². The molecule has 3 fully saturated rings. The van der Waals surface area contributed by atoms with Crippen LogP contribution >= 0.6 is 0 Å². The zero-order valence-corrected chi connectivity index (χ0v) is 11.7. The van der Waals surface area contributed by atoms with Gasteiger partial charge >= 0.3 is 0 Å².